The number of para-hydroxylation sites is 1. The first-order valence-electron chi connectivity index (χ1n) is 9.78. The highest BCUT2D eigenvalue weighted by molar-refractivity contribution is 8.04. The van der Waals surface area contributed by atoms with E-state index in [4.69, 9.17) is 23.8 Å². The number of thioether (sulfide) groups is 1. The fraction of sp³-hybridized carbons (Fsp3) is 0.318. The monoisotopic (exact) mass is 427 g/mol. The number of halogens is 1. The van der Waals surface area contributed by atoms with Crippen molar-refractivity contribution < 1.29 is 0 Å². The lowest BCUT2D eigenvalue weighted by Gasteiger charge is -2.43. The third-order valence-electron chi connectivity index (χ3n) is 5.79. The Labute approximate surface area is 180 Å². The second-order valence-electron chi connectivity index (χ2n) is 7.58. The highest BCUT2D eigenvalue weighted by Gasteiger charge is 2.50. The summed E-state index contributed by atoms with van der Waals surface area (Å²) in [5.41, 5.74) is 2.42. The van der Waals surface area contributed by atoms with Gasteiger partial charge in [0.05, 0.1) is 15.8 Å². The van der Waals surface area contributed by atoms with E-state index >= 15 is 0 Å². The molecule has 5 rings (SSSR count). The van der Waals surface area contributed by atoms with Crippen molar-refractivity contribution in [1.29, 1.82) is 0 Å². The molecule has 1 fully saturated rings. The molecule has 2 aliphatic heterocycles. The summed E-state index contributed by atoms with van der Waals surface area (Å²) in [5.74, 6) is 1.14. The standard InChI is InChI=1S/C22H22ClN3S2/c23-16-11-9-15(10-12-16)18-19-20(25-21(27)24-18)26(17-7-3-1-4-8-17)22(28-19)13-5-2-6-14-22/h1,3-4,7-12,18H,2,5-6,13-14H2,(H2,24,25,27). The predicted molar refractivity (Wildman–Crippen MR) is 122 cm³/mol. The predicted octanol–water partition coefficient (Wildman–Crippen LogP) is 5.94. The Hall–Kier alpha value is -1.69. The van der Waals surface area contributed by atoms with Crippen LogP contribution in [0, 0.1) is 0 Å². The van der Waals surface area contributed by atoms with E-state index in [0.717, 1.165) is 10.8 Å². The van der Waals surface area contributed by atoms with E-state index in [0.29, 0.717) is 5.11 Å². The molecule has 2 aromatic rings. The molecular weight excluding hydrogens is 406 g/mol. The zero-order valence-electron chi connectivity index (χ0n) is 15.5. The third kappa shape index (κ3) is 3.10. The van der Waals surface area contributed by atoms with Gasteiger partial charge >= 0.3 is 0 Å². The molecule has 28 heavy (non-hydrogen) atoms. The molecule has 2 N–H and O–H groups in total. The molecule has 0 amide bonds. The van der Waals surface area contributed by atoms with Gasteiger partial charge in [0.15, 0.2) is 5.11 Å². The second-order valence-corrected chi connectivity index (χ2v) is 9.82. The molecule has 3 aliphatic rings. The Kier molecular flexibility index (Phi) is 4.77. The van der Waals surface area contributed by atoms with Gasteiger partial charge in [-0.1, -0.05) is 73.0 Å². The molecular formula is C22H22ClN3S2. The maximum atomic E-state index is 6.13. The molecule has 3 nitrogen and oxygen atoms in total. The summed E-state index contributed by atoms with van der Waals surface area (Å²) in [5, 5.41) is 8.41. The second kappa shape index (κ2) is 7.29. The number of nitrogens with zero attached hydrogens (tertiary/aromatic N) is 1. The summed E-state index contributed by atoms with van der Waals surface area (Å²) in [4.78, 5) is 3.90. The van der Waals surface area contributed by atoms with Crippen LogP contribution in [0.4, 0.5) is 5.69 Å². The maximum Gasteiger partial charge on any atom is 0.172 e. The molecule has 0 saturated heterocycles. The lowest BCUT2D eigenvalue weighted by atomic mass is 9.92. The number of hydrogen-bond acceptors (Lipinski definition) is 3. The Morgan fingerprint density at radius 2 is 1.71 bits per heavy atom. The van der Waals surface area contributed by atoms with Crippen molar-refractivity contribution in [3.63, 3.8) is 0 Å². The Balaban J connectivity index is 1.63. The number of rotatable bonds is 2. The third-order valence-corrected chi connectivity index (χ3v) is 7.88. The van der Waals surface area contributed by atoms with E-state index in [-0.39, 0.29) is 10.9 Å². The molecule has 1 atom stereocenters. The fourth-order valence-electron chi connectivity index (χ4n) is 4.53. The topological polar surface area (TPSA) is 27.3 Å². The highest BCUT2D eigenvalue weighted by Crippen LogP contribution is 2.58. The van der Waals surface area contributed by atoms with Crippen LogP contribution >= 0.6 is 35.6 Å². The molecule has 2 heterocycles. The molecule has 0 aromatic heterocycles. The lowest BCUT2D eigenvalue weighted by Crippen LogP contribution is -2.50. The first-order valence-corrected chi connectivity index (χ1v) is 11.4. The van der Waals surface area contributed by atoms with Crippen molar-refractivity contribution in [3.05, 3.63) is 75.9 Å². The van der Waals surface area contributed by atoms with E-state index in [9.17, 15) is 0 Å². The van der Waals surface area contributed by atoms with E-state index in [1.165, 1.54) is 48.3 Å². The van der Waals surface area contributed by atoms with Gasteiger partial charge in [0.2, 0.25) is 0 Å². The molecule has 6 heteroatoms. The summed E-state index contributed by atoms with van der Waals surface area (Å²) in [6.07, 6.45) is 6.21. The van der Waals surface area contributed by atoms with Crippen molar-refractivity contribution in [1.82, 2.24) is 10.6 Å². The minimum Gasteiger partial charge on any atom is -0.351 e. The van der Waals surface area contributed by atoms with Gasteiger partial charge in [-0.15, -0.1) is 0 Å². The zero-order chi connectivity index (χ0) is 19.1. The summed E-state index contributed by atoms with van der Waals surface area (Å²) < 4.78 is 0. The van der Waals surface area contributed by atoms with Gasteiger partial charge in [0.1, 0.15) is 5.82 Å². The van der Waals surface area contributed by atoms with Crippen molar-refractivity contribution >= 4 is 46.4 Å². The SMILES string of the molecule is S=C1NC2=C(SC3(CCCCC3)N2c2ccccc2)C(c2ccc(Cl)cc2)N1. The first-order chi connectivity index (χ1) is 13.7. The van der Waals surface area contributed by atoms with Crippen molar-refractivity contribution in [2.45, 2.75) is 43.0 Å². The number of nitrogens with one attached hydrogen (secondary N) is 2. The molecule has 0 radical (unpaired) electrons. The highest BCUT2D eigenvalue weighted by atomic mass is 35.5. The van der Waals surface area contributed by atoms with E-state index < -0.39 is 0 Å². The summed E-state index contributed by atoms with van der Waals surface area (Å²) in [6.45, 7) is 0. The largest absolute Gasteiger partial charge is 0.351 e. The van der Waals surface area contributed by atoms with Gasteiger partial charge < -0.3 is 15.5 Å². The number of thiocarbonyl (C=S) groups is 1. The van der Waals surface area contributed by atoms with Crippen LogP contribution in [-0.4, -0.2) is 9.98 Å². The zero-order valence-corrected chi connectivity index (χ0v) is 17.8. The Morgan fingerprint density at radius 3 is 2.43 bits per heavy atom. The van der Waals surface area contributed by atoms with Crippen molar-refractivity contribution in [2.75, 3.05) is 4.90 Å². The molecule has 2 aromatic carbocycles. The molecule has 1 spiro atoms. The summed E-state index contributed by atoms with van der Waals surface area (Å²) in [7, 11) is 0. The van der Waals surface area contributed by atoms with E-state index in [1.807, 2.05) is 23.9 Å². The summed E-state index contributed by atoms with van der Waals surface area (Å²) in [6, 6.07) is 18.9. The molecule has 1 saturated carbocycles. The Bertz CT molecular complexity index is 921. The van der Waals surface area contributed by atoms with Crippen LogP contribution in [0.15, 0.2) is 65.3 Å². The van der Waals surface area contributed by atoms with Crippen molar-refractivity contribution in [2.24, 2.45) is 0 Å². The van der Waals surface area contributed by atoms with Crippen LogP contribution in [0.5, 0.6) is 0 Å². The Morgan fingerprint density at radius 1 is 1.00 bits per heavy atom. The van der Waals surface area contributed by atoms with Crippen LogP contribution < -0.4 is 15.5 Å². The maximum absolute atomic E-state index is 6.13. The molecule has 1 unspecified atom stereocenters. The summed E-state index contributed by atoms with van der Waals surface area (Å²) >= 11 is 13.8. The molecule has 144 valence electrons. The number of anilines is 1. The fourth-order valence-corrected chi connectivity index (χ4v) is 6.61. The van der Waals surface area contributed by atoms with Crippen LogP contribution in [0.2, 0.25) is 5.02 Å². The van der Waals surface area contributed by atoms with Gasteiger partial charge in [-0.25, -0.2) is 0 Å². The minimum absolute atomic E-state index is 0.0542. The van der Waals surface area contributed by atoms with Gasteiger partial charge in [-0.2, -0.15) is 0 Å². The number of benzene rings is 2. The minimum atomic E-state index is 0.0542. The van der Waals surface area contributed by atoms with Gasteiger partial charge in [-0.3, -0.25) is 0 Å². The quantitative estimate of drug-likeness (QED) is 0.578. The van der Waals surface area contributed by atoms with Gasteiger partial charge in [0, 0.05) is 10.7 Å². The molecule has 1 aliphatic carbocycles. The molecule has 0 bridgehead atoms. The van der Waals surface area contributed by atoms with Gasteiger partial charge in [-0.05, 0) is 54.9 Å². The van der Waals surface area contributed by atoms with Crippen LogP contribution in [-0.2, 0) is 0 Å². The van der Waals surface area contributed by atoms with Crippen LogP contribution in [0.3, 0.4) is 0 Å². The van der Waals surface area contributed by atoms with Crippen LogP contribution in [0.1, 0.15) is 43.7 Å². The average molecular weight is 428 g/mol. The van der Waals surface area contributed by atoms with Gasteiger partial charge in [0.25, 0.3) is 0 Å². The van der Waals surface area contributed by atoms with Crippen LogP contribution in [0.25, 0.3) is 0 Å². The van der Waals surface area contributed by atoms with Crippen molar-refractivity contribution in [3.8, 4) is 0 Å². The van der Waals surface area contributed by atoms with E-state index in [1.54, 1.807) is 0 Å². The normalized spacial score (nSPS) is 23.4. The lowest BCUT2D eigenvalue weighted by molar-refractivity contribution is 0.397. The number of hydrogen-bond donors (Lipinski definition) is 2. The van der Waals surface area contributed by atoms with E-state index in [2.05, 4.69) is 58.0 Å². The first kappa shape index (κ1) is 18.3. The smallest absolute Gasteiger partial charge is 0.172 e. The average Bonchev–Trinajstić information content (AvgIpc) is 3.02.